The number of rotatable bonds is 7. The Balaban J connectivity index is 1.25. The molecule has 1 saturated heterocycles. The Morgan fingerprint density at radius 2 is 2.07 bits per heavy atom. The number of aromatic nitrogens is 2. The topological polar surface area (TPSA) is 90.1 Å². The molecule has 2 atom stereocenters. The number of anilines is 1. The number of nitrogens with zero attached hydrogens (tertiary/aromatic N) is 2. The van der Waals surface area contributed by atoms with Crippen LogP contribution in [-0.4, -0.2) is 48.1 Å². The summed E-state index contributed by atoms with van der Waals surface area (Å²) in [5.41, 5.74) is 1.72. The van der Waals surface area contributed by atoms with Crippen molar-refractivity contribution in [2.45, 2.75) is 31.2 Å². The van der Waals surface area contributed by atoms with Crippen LogP contribution in [0.5, 0.6) is 0 Å². The van der Waals surface area contributed by atoms with Crippen molar-refractivity contribution >= 4 is 11.7 Å². The molecule has 2 fully saturated rings. The molecule has 7 nitrogen and oxygen atoms in total. The van der Waals surface area contributed by atoms with E-state index in [0.29, 0.717) is 30.9 Å². The van der Waals surface area contributed by atoms with Gasteiger partial charge < -0.3 is 20.5 Å². The molecule has 0 spiro atoms. The second kappa shape index (κ2) is 8.10. The summed E-state index contributed by atoms with van der Waals surface area (Å²) in [6, 6.07) is 7.17. The minimum Gasteiger partial charge on any atom is -0.353 e. The molecule has 28 heavy (non-hydrogen) atoms. The Labute approximate surface area is 162 Å². The highest BCUT2D eigenvalue weighted by Crippen LogP contribution is 2.40. The average Bonchev–Trinajstić information content (AvgIpc) is 3.46. The van der Waals surface area contributed by atoms with Crippen molar-refractivity contribution in [3.63, 3.8) is 0 Å². The molecule has 1 amide bonds. The maximum Gasteiger partial charge on any atom is 0.290 e. The van der Waals surface area contributed by atoms with Crippen molar-refractivity contribution in [2.24, 2.45) is 0 Å². The summed E-state index contributed by atoms with van der Waals surface area (Å²) < 4.78 is 13.0. The summed E-state index contributed by atoms with van der Waals surface area (Å²) in [7, 11) is 0. The zero-order chi connectivity index (χ0) is 19.5. The van der Waals surface area contributed by atoms with Crippen LogP contribution in [0.25, 0.3) is 0 Å². The number of carbonyl (C=O) groups excluding carboxylic acids is 1. The second-order valence-electron chi connectivity index (χ2n) is 7.37. The predicted molar refractivity (Wildman–Crippen MR) is 104 cm³/mol. The Kier molecular flexibility index (Phi) is 5.38. The van der Waals surface area contributed by atoms with Crippen LogP contribution in [0.1, 0.15) is 30.0 Å². The largest absolute Gasteiger partial charge is 0.353 e. The maximum atomic E-state index is 13.0. The number of hydrogen-bond donors (Lipinski definition) is 3. The fourth-order valence-electron chi connectivity index (χ4n) is 3.65. The van der Waals surface area contributed by atoms with Gasteiger partial charge in [-0.2, -0.15) is 0 Å². The minimum atomic E-state index is -0.267. The van der Waals surface area contributed by atoms with Gasteiger partial charge in [0.2, 0.25) is 5.91 Å². The average molecular weight is 385 g/mol. The van der Waals surface area contributed by atoms with Gasteiger partial charge in [0.25, 0.3) is 5.56 Å². The number of hydrogen-bond acceptors (Lipinski definition) is 5. The minimum absolute atomic E-state index is 0.0952. The van der Waals surface area contributed by atoms with E-state index in [1.807, 2.05) is 12.1 Å². The van der Waals surface area contributed by atoms with E-state index in [1.54, 1.807) is 11.1 Å². The number of carbonyl (C=O) groups is 1. The van der Waals surface area contributed by atoms with E-state index in [2.05, 4.69) is 20.6 Å². The van der Waals surface area contributed by atoms with E-state index in [4.69, 9.17) is 0 Å². The quantitative estimate of drug-likeness (QED) is 0.617. The molecule has 4 rings (SSSR count). The number of aromatic amines is 1. The van der Waals surface area contributed by atoms with Gasteiger partial charge in [-0.25, -0.2) is 9.37 Å². The molecule has 1 saturated carbocycles. The Morgan fingerprint density at radius 1 is 1.25 bits per heavy atom. The third-order valence-electron chi connectivity index (χ3n) is 5.27. The number of halogens is 1. The lowest BCUT2D eigenvalue weighted by Crippen LogP contribution is -2.49. The Bertz CT molecular complexity index is 898. The van der Waals surface area contributed by atoms with Gasteiger partial charge in [0.1, 0.15) is 5.82 Å². The standard InChI is InChI=1S/C20H24FN5O2/c21-14-5-3-13(4-6-14)16-10-17(16)22-7-1-2-15-11-24-20(28)19(25-15)26-9-8-23-18(27)12-26/h3-6,11,16-17,22H,1-2,7-10,12H2,(H,23,27)(H,24,28)/t16-,17+/m0/s1. The number of nitrogens with one attached hydrogen (secondary N) is 3. The van der Waals surface area contributed by atoms with Crippen LogP contribution in [-0.2, 0) is 11.2 Å². The maximum absolute atomic E-state index is 13.0. The zero-order valence-electron chi connectivity index (χ0n) is 15.6. The van der Waals surface area contributed by atoms with Crippen LogP contribution in [0.4, 0.5) is 10.2 Å². The normalized spacial score (nSPS) is 21.5. The molecule has 1 aromatic carbocycles. The van der Waals surface area contributed by atoms with Crippen molar-refractivity contribution in [3.05, 3.63) is 57.9 Å². The Morgan fingerprint density at radius 3 is 2.86 bits per heavy atom. The molecule has 2 aromatic rings. The van der Waals surface area contributed by atoms with E-state index in [0.717, 1.165) is 31.5 Å². The third-order valence-corrected chi connectivity index (χ3v) is 5.27. The second-order valence-corrected chi connectivity index (χ2v) is 7.37. The fourth-order valence-corrected chi connectivity index (χ4v) is 3.65. The van der Waals surface area contributed by atoms with Gasteiger partial charge in [-0.15, -0.1) is 0 Å². The van der Waals surface area contributed by atoms with Crippen LogP contribution >= 0.6 is 0 Å². The molecule has 0 unspecified atom stereocenters. The van der Waals surface area contributed by atoms with Crippen LogP contribution in [0.15, 0.2) is 35.3 Å². The third kappa shape index (κ3) is 4.39. The van der Waals surface area contributed by atoms with Crippen molar-refractivity contribution in [1.82, 2.24) is 20.6 Å². The van der Waals surface area contributed by atoms with Crippen LogP contribution in [0, 0.1) is 5.82 Å². The summed E-state index contributed by atoms with van der Waals surface area (Å²) in [6.07, 6.45) is 4.36. The summed E-state index contributed by atoms with van der Waals surface area (Å²) in [6.45, 7) is 2.11. The molecule has 0 bridgehead atoms. The lowest BCUT2D eigenvalue weighted by molar-refractivity contribution is -0.120. The van der Waals surface area contributed by atoms with Gasteiger partial charge in [0, 0.05) is 31.2 Å². The SMILES string of the molecule is O=C1CN(c2nc(CCCN[C@@H]3C[C@H]3c3ccc(F)cc3)c[nH]c2=O)CCN1. The van der Waals surface area contributed by atoms with E-state index in [-0.39, 0.29) is 23.8 Å². The Hall–Kier alpha value is -2.74. The smallest absolute Gasteiger partial charge is 0.290 e. The molecule has 0 radical (unpaired) electrons. The van der Waals surface area contributed by atoms with Crippen LogP contribution < -0.4 is 21.1 Å². The van der Waals surface area contributed by atoms with Gasteiger partial charge in [-0.3, -0.25) is 9.59 Å². The van der Waals surface area contributed by atoms with Gasteiger partial charge in [0.15, 0.2) is 5.82 Å². The highest BCUT2D eigenvalue weighted by atomic mass is 19.1. The van der Waals surface area contributed by atoms with Crippen molar-refractivity contribution in [3.8, 4) is 0 Å². The first kappa shape index (κ1) is 18.6. The fraction of sp³-hybridized carbons (Fsp3) is 0.450. The number of H-pyrrole nitrogens is 1. The number of piperazine rings is 1. The summed E-state index contributed by atoms with van der Waals surface area (Å²) in [4.78, 5) is 32.5. The van der Waals surface area contributed by atoms with E-state index >= 15 is 0 Å². The molecule has 2 heterocycles. The number of aryl methyl sites for hydroxylation is 1. The van der Waals surface area contributed by atoms with Crippen LogP contribution in [0.2, 0.25) is 0 Å². The summed E-state index contributed by atoms with van der Waals surface area (Å²) in [5.74, 6) is 0.483. The molecular weight excluding hydrogens is 361 g/mol. The van der Waals surface area contributed by atoms with Crippen molar-refractivity contribution in [1.29, 1.82) is 0 Å². The van der Waals surface area contributed by atoms with E-state index < -0.39 is 0 Å². The zero-order valence-corrected chi connectivity index (χ0v) is 15.6. The van der Waals surface area contributed by atoms with E-state index in [9.17, 15) is 14.0 Å². The first-order valence-corrected chi connectivity index (χ1v) is 9.69. The van der Waals surface area contributed by atoms with Gasteiger partial charge in [-0.1, -0.05) is 12.1 Å². The van der Waals surface area contributed by atoms with Gasteiger partial charge in [0.05, 0.1) is 12.2 Å². The highest BCUT2D eigenvalue weighted by molar-refractivity contribution is 5.82. The van der Waals surface area contributed by atoms with Crippen molar-refractivity contribution < 1.29 is 9.18 Å². The van der Waals surface area contributed by atoms with Crippen molar-refractivity contribution in [2.75, 3.05) is 31.1 Å². The molecule has 1 aromatic heterocycles. The molecule has 148 valence electrons. The number of amides is 1. The van der Waals surface area contributed by atoms with Gasteiger partial charge >= 0.3 is 0 Å². The highest BCUT2D eigenvalue weighted by Gasteiger charge is 2.37. The van der Waals surface area contributed by atoms with E-state index in [1.165, 1.54) is 17.7 Å². The van der Waals surface area contributed by atoms with Gasteiger partial charge in [-0.05, 0) is 43.5 Å². The monoisotopic (exact) mass is 385 g/mol. The molecule has 3 N–H and O–H groups in total. The molecular formula is C20H24FN5O2. The van der Waals surface area contributed by atoms with Crippen LogP contribution in [0.3, 0.4) is 0 Å². The lowest BCUT2D eigenvalue weighted by Gasteiger charge is -2.26. The number of benzene rings is 1. The molecule has 8 heteroatoms. The lowest BCUT2D eigenvalue weighted by atomic mass is 10.1. The predicted octanol–water partition coefficient (Wildman–Crippen LogP) is 0.923. The molecule has 1 aliphatic heterocycles. The summed E-state index contributed by atoms with van der Waals surface area (Å²) in [5, 5.41) is 6.27. The summed E-state index contributed by atoms with van der Waals surface area (Å²) >= 11 is 0. The molecule has 1 aliphatic carbocycles. The first-order chi connectivity index (χ1) is 13.6. The first-order valence-electron chi connectivity index (χ1n) is 9.69. The molecule has 2 aliphatic rings.